The number of hydrogen-bond donors (Lipinski definition) is 0. The van der Waals surface area contributed by atoms with E-state index < -0.39 is 0 Å². The molecule has 2 heterocycles. The van der Waals surface area contributed by atoms with Crippen LogP contribution in [0.15, 0.2) is 48.8 Å². The van der Waals surface area contributed by atoms with Gasteiger partial charge in [-0.1, -0.05) is 18.2 Å². The highest BCUT2D eigenvalue weighted by Gasteiger charge is 2.37. The van der Waals surface area contributed by atoms with E-state index in [1.807, 2.05) is 0 Å². The van der Waals surface area contributed by atoms with Gasteiger partial charge in [-0.2, -0.15) is 0 Å². The van der Waals surface area contributed by atoms with Crippen molar-refractivity contribution in [2.75, 3.05) is 4.90 Å². The SMILES string of the molecule is Cc1cc2c(cc1N1C=CN(C(C)C)C1(C)C)c1ccccc1n2C. The molecule has 0 radical (unpaired) electrons. The topological polar surface area (TPSA) is 11.4 Å². The number of rotatable bonds is 2. The largest absolute Gasteiger partial charge is 0.351 e. The van der Waals surface area contributed by atoms with Gasteiger partial charge < -0.3 is 14.4 Å². The molecular weight excluding hydrogens is 306 g/mol. The van der Waals surface area contributed by atoms with Crippen LogP contribution in [0.4, 0.5) is 5.69 Å². The molecule has 0 amide bonds. The molecule has 0 saturated carbocycles. The van der Waals surface area contributed by atoms with Gasteiger partial charge in [-0.15, -0.1) is 0 Å². The van der Waals surface area contributed by atoms with E-state index in [2.05, 4.69) is 105 Å². The predicted molar refractivity (Wildman–Crippen MR) is 108 cm³/mol. The fourth-order valence-corrected chi connectivity index (χ4v) is 4.36. The summed E-state index contributed by atoms with van der Waals surface area (Å²) in [6, 6.07) is 13.8. The van der Waals surface area contributed by atoms with E-state index in [-0.39, 0.29) is 5.66 Å². The van der Waals surface area contributed by atoms with E-state index in [0.29, 0.717) is 6.04 Å². The minimum atomic E-state index is -0.0722. The van der Waals surface area contributed by atoms with Gasteiger partial charge >= 0.3 is 0 Å². The molecule has 1 aliphatic rings. The lowest BCUT2D eigenvalue weighted by Crippen LogP contribution is -2.51. The lowest BCUT2D eigenvalue weighted by Gasteiger charge is -2.43. The average molecular weight is 333 g/mol. The van der Waals surface area contributed by atoms with E-state index in [4.69, 9.17) is 0 Å². The Bertz CT molecular complexity index is 991. The van der Waals surface area contributed by atoms with E-state index in [1.54, 1.807) is 0 Å². The van der Waals surface area contributed by atoms with Crippen molar-refractivity contribution in [2.45, 2.75) is 46.3 Å². The Labute approximate surface area is 150 Å². The van der Waals surface area contributed by atoms with Gasteiger partial charge in [0.15, 0.2) is 0 Å². The van der Waals surface area contributed by atoms with Crippen molar-refractivity contribution in [3.8, 4) is 0 Å². The van der Waals surface area contributed by atoms with Gasteiger partial charge in [-0.3, -0.25) is 0 Å². The Morgan fingerprint density at radius 1 is 0.920 bits per heavy atom. The Morgan fingerprint density at radius 2 is 1.64 bits per heavy atom. The highest BCUT2D eigenvalue weighted by molar-refractivity contribution is 6.09. The van der Waals surface area contributed by atoms with Crippen LogP contribution < -0.4 is 4.90 Å². The van der Waals surface area contributed by atoms with Crippen LogP contribution in [0.25, 0.3) is 21.8 Å². The van der Waals surface area contributed by atoms with Gasteiger partial charge in [0.2, 0.25) is 0 Å². The standard InChI is InChI=1S/C22H27N3/c1-15(2)24-11-12-25(22(24,4)5)20-14-18-17-9-7-8-10-19(17)23(6)21(18)13-16(20)3/h7-15H,1-6H3. The first-order valence-corrected chi connectivity index (χ1v) is 9.06. The molecule has 0 unspecified atom stereocenters. The fourth-order valence-electron chi connectivity index (χ4n) is 4.36. The zero-order valence-corrected chi connectivity index (χ0v) is 16.0. The normalized spacial score (nSPS) is 16.8. The van der Waals surface area contributed by atoms with Crippen LogP contribution in [0.5, 0.6) is 0 Å². The molecule has 25 heavy (non-hydrogen) atoms. The maximum atomic E-state index is 2.42. The summed E-state index contributed by atoms with van der Waals surface area (Å²) in [5, 5.41) is 2.65. The number of fused-ring (bicyclic) bond motifs is 3. The monoisotopic (exact) mass is 333 g/mol. The molecule has 1 aliphatic heterocycles. The molecule has 2 aromatic carbocycles. The highest BCUT2D eigenvalue weighted by Crippen LogP contribution is 2.39. The molecule has 0 N–H and O–H groups in total. The Morgan fingerprint density at radius 3 is 2.32 bits per heavy atom. The second-order valence-corrected chi connectivity index (χ2v) is 7.90. The molecule has 4 rings (SSSR count). The van der Waals surface area contributed by atoms with Crippen LogP contribution in [0, 0.1) is 6.92 Å². The summed E-state index contributed by atoms with van der Waals surface area (Å²) in [4.78, 5) is 4.82. The van der Waals surface area contributed by atoms with Crippen LogP contribution in [-0.4, -0.2) is 21.2 Å². The molecule has 0 bridgehead atoms. The summed E-state index contributed by atoms with van der Waals surface area (Å²) >= 11 is 0. The lowest BCUT2D eigenvalue weighted by molar-refractivity contribution is 0.170. The smallest absolute Gasteiger partial charge is 0.111 e. The van der Waals surface area contributed by atoms with Crippen molar-refractivity contribution in [1.29, 1.82) is 0 Å². The van der Waals surface area contributed by atoms with Crippen molar-refractivity contribution in [2.24, 2.45) is 7.05 Å². The van der Waals surface area contributed by atoms with Crippen LogP contribution >= 0.6 is 0 Å². The third-order valence-electron chi connectivity index (χ3n) is 5.64. The number of nitrogens with zero attached hydrogens (tertiary/aromatic N) is 3. The van der Waals surface area contributed by atoms with Crippen molar-refractivity contribution in [3.05, 3.63) is 54.4 Å². The molecule has 0 saturated heterocycles. The summed E-state index contributed by atoms with van der Waals surface area (Å²) in [6.07, 6.45) is 4.44. The summed E-state index contributed by atoms with van der Waals surface area (Å²) in [5.74, 6) is 0. The van der Waals surface area contributed by atoms with E-state index in [1.165, 1.54) is 33.1 Å². The van der Waals surface area contributed by atoms with Gasteiger partial charge in [0.05, 0.1) is 0 Å². The third kappa shape index (κ3) is 2.18. The lowest BCUT2D eigenvalue weighted by atomic mass is 10.0. The van der Waals surface area contributed by atoms with E-state index >= 15 is 0 Å². The maximum Gasteiger partial charge on any atom is 0.111 e. The number of aryl methyl sites for hydroxylation is 2. The van der Waals surface area contributed by atoms with Crippen molar-refractivity contribution in [1.82, 2.24) is 9.47 Å². The van der Waals surface area contributed by atoms with E-state index in [0.717, 1.165) is 0 Å². The fraction of sp³-hybridized carbons (Fsp3) is 0.364. The van der Waals surface area contributed by atoms with Crippen LogP contribution in [0.2, 0.25) is 0 Å². The van der Waals surface area contributed by atoms with Gasteiger partial charge in [-0.25, -0.2) is 0 Å². The number of benzene rings is 2. The molecule has 3 nitrogen and oxygen atoms in total. The summed E-state index contributed by atoms with van der Waals surface area (Å²) in [5.41, 5.74) is 5.10. The maximum absolute atomic E-state index is 2.42. The third-order valence-corrected chi connectivity index (χ3v) is 5.64. The molecule has 0 atom stereocenters. The Kier molecular flexibility index (Phi) is 3.40. The first-order chi connectivity index (χ1) is 11.8. The number of para-hydroxylation sites is 1. The first-order valence-electron chi connectivity index (χ1n) is 9.06. The molecule has 0 spiro atoms. The summed E-state index contributed by atoms with van der Waals surface area (Å²) in [6.45, 7) is 11.3. The number of aromatic nitrogens is 1. The quantitative estimate of drug-likeness (QED) is 0.624. The molecule has 3 aromatic rings. The molecule has 3 heteroatoms. The second-order valence-electron chi connectivity index (χ2n) is 7.90. The number of hydrogen-bond acceptors (Lipinski definition) is 2. The van der Waals surface area contributed by atoms with Crippen LogP contribution in [-0.2, 0) is 7.05 Å². The molecular formula is C22H27N3. The molecule has 0 aliphatic carbocycles. The Balaban J connectivity index is 1.93. The molecule has 130 valence electrons. The summed E-state index contributed by atoms with van der Waals surface area (Å²) in [7, 11) is 2.16. The number of anilines is 1. The minimum Gasteiger partial charge on any atom is -0.351 e. The van der Waals surface area contributed by atoms with Gasteiger partial charge in [0.25, 0.3) is 0 Å². The highest BCUT2D eigenvalue weighted by atomic mass is 15.4. The van der Waals surface area contributed by atoms with Gasteiger partial charge in [-0.05, 0) is 58.4 Å². The first kappa shape index (κ1) is 16.1. The van der Waals surface area contributed by atoms with Crippen molar-refractivity contribution in [3.63, 3.8) is 0 Å². The van der Waals surface area contributed by atoms with Gasteiger partial charge in [0.1, 0.15) is 5.66 Å². The zero-order chi connectivity index (χ0) is 17.9. The van der Waals surface area contributed by atoms with Crippen molar-refractivity contribution < 1.29 is 0 Å². The average Bonchev–Trinajstić information content (AvgIpc) is 3.02. The van der Waals surface area contributed by atoms with E-state index in [9.17, 15) is 0 Å². The second kappa shape index (κ2) is 5.29. The molecule has 1 aromatic heterocycles. The van der Waals surface area contributed by atoms with Crippen LogP contribution in [0.3, 0.4) is 0 Å². The van der Waals surface area contributed by atoms with Crippen molar-refractivity contribution >= 4 is 27.5 Å². The minimum absolute atomic E-state index is 0.0722. The van der Waals surface area contributed by atoms with Gasteiger partial charge in [0, 0.05) is 53.0 Å². The zero-order valence-electron chi connectivity index (χ0n) is 16.0. The Hall–Kier alpha value is -2.42. The summed E-state index contributed by atoms with van der Waals surface area (Å²) < 4.78 is 2.30. The molecule has 0 fully saturated rings. The van der Waals surface area contributed by atoms with Crippen LogP contribution in [0.1, 0.15) is 33.3 Å². The predicted octanol–water partition coefficient (Wildman–Crippen LogP) is 5.38.